The number of benzene rings is 7. The molecule has 228 valence electrons. The van der Waals surface area contributed by atoms with Crippen molar-refractivity contribution in [2.24, 2.45) is 0 Å². The Morgan fingerprint density at radius 1 is 0.490 bits per heavy atom. The van der Waals surface area contributed by atoms with E-state index in [1.54, 1.807) is 0 Å². The Hall–Kier alpha value is -5.90. The van der Waals surface area contributed by atoms with Crippen LogP contribution < -0.4 is 0 Å². The first kappa shape index (κ1) is 27.1. The summed E-state index contributed by atoms with van der Waals surface area (Å²) in [6.07, 6.45) is 1.88. The second-order valence-electron chi connectivity index (χ2n) is 13.1. The Labute approximate surface area is 288 Å². The monoisotopic (exact) mass is 640 g/mol. The Kier molecular flexibility index (Phi) is 5.56. The van der Waals surface area contributed by atoms with E-state index in [9.17, 15) is 0 Å². The highest BCUT2D eigenvalue weighted by atomic mass is 32.2. The topological polar surface area (TPSA) is 17.8 Å². The molecule has 1 atom stereocenters. The SMILES string of the molecule is c1ccc2c(c1)Sc1ccc(-c3ccc(-c4cccc5cccnc45)cc3)cc1C21c2ccccc2-n2c3ccccc3c3cccc1c32. The van der Waals surface area contributed by atoms with Gasteiger partial charge in [-0.3, -0.25) is 4.98 Å². The van der Waals surface area contributed by atoms with Gasteiger partial charge in [-0.1, -0.05) is 139 Å². The molecular formula is C46H28N2S. The van der Waals surface area contributed by atoms with Crippen LogP contribution in [0.5, 0.6) is 0 Å². The van der Waals surface area contributed by atoms with Gasteiger partial charge in [-0.2, -0.15) is 0 Å². The van der Waals surface area contributed by atoms with Crippen molar-refractivity contribution >= 4 is 44.5 Å². The van der Waals surface area contributed by atoms with Crippen LogP contribution in [0.25, 0.3) is 60.6 Å². The number of pyridine rings is 1. The Bertz CT molecular complexity index is 2800. The Morgan fingerprint density at radius 2 is 1.18 bits per heavy atom. The van der Waals surface area contributed by atoms with Gasteiger partial charge in [0.2, 0.25) is 0 Å². The molecule has 2 aliphatic rings. The maximum Gasteiger partial charge on any atom is 0.0780 e. The van der Waals surface area contributed by atoms with E-state index in [0.29, 0.717) is 0 Å². The molecule has 2 aliphatic heterocycles. The van der Waals surface area contributed by atoms with Crippen molar-refractivity contribution in [2.45, 2.75) is 15.2 Å². The van der Waals surface area contributed by atoms with Crippen molar-refractivity contribution in [3.8, 4) is 27.9 Å². The predicted octanol–water partition coefficient (Wildman–Crippen LogP) is 11.8. The minimum Gasteiger partial charge on any atom is -0.309 e. The molecule has 0 aliphatic carbocycles. The zero-order valence-electron chi connectivity index (χ0n) is 26.5. The van der Waals surface area contributed by atoms with Gasteiger partial charge >= 0.3 is 0 Å². The lowest BCUT2D eigenvalue weighted by molar-refractivity contribution is 0.690. The summed E-state index contributed by atoms with van der Waals surface area (Å²) in [5, 5.41) is 3.75. The van der Waals surface area contributed by atoms with Crippen molar-refractivity contribution in [3.63, 3.8) is 0 Å². The van der Waals surface area contributed by atoms with Gasteiger partial charge in [-0.05, 0) is 75.3 Å². The molecule has 0 N–H and O–H groups in total. The van der Waals surface area contributed by atoms with Crippen LogP contribution in [0.1, 0.15) is 22.3 Å². The van der Waals surface area contributed by atoms with Gasteiger partial charge in [0.1, 0.15) is 0 Å². The van der Waals surface area contributed by atoms with Crippen molar-refractivity contribution in [3.05, 3.63) is 192 Å². The van der Waals surface area contributed by atoms with E-state index in [0.717, 1.165) is 16.5 Å². The average Bonchev–Trinajstić information content (AvgIpc) is 3.51. The third-order valence-corrected chi connectivity index (χ3v) is 11.9. The highest BCUT2D eigenvalue weighted by Crippen LogP contribution is 2.60. The van der Waals surface area contributed by atoms with Gasteiger partial charge in [0.05, 0.1) is 27.7 Å². The molecule has 9 aromatic rings. The van der Waals surface area contributed by atoms with E-state index in [1.165, 1.54) is 76.2 Å². The van der Waals surface area contributed by atoms with Crippen LogP contribution in [0.3, 0.4) is 0 Å². The molecular weight excluding hydrogens is 613 g/mol. The summed E-state index contributed by atoms with van der Waals surface area (Å²) in [6, 6.07) is 60.6. The van der Waals surface area contributed by atoms with E-state index >= 15 is 0 Å². The second-order valence-corrected chi connectivity index (χ2v) is 14.2. The summed E-state index contributed by atoms with van der Waals surface area (Å²) in [6.45, 7) is 0. The van der Waals surface area contributed by atoms with Crippen molar-refractivity contribution in [2.75, 3.05) is 0 Å². The first-order chi connectivity index (χ1) is 24.3. The van der Waals surface area contributed by atoms with Gasteiger partial charge in [-0.15, -0.1) is 0 Å². The molecule has 4 heterocycles. The van der Waals surface area contributed by atoms with Crippen LogP contribution in [0.4, 0.5) is 0 Å². The number of hydrogen-bond acceptors (Lipinski definition) is 2. The molecule has 0 saturated carbocycles. The van der Waals surface area contributed by atoms with Crippen LogP contribution in [-0.4, -0.2) is 9.55 Å². The van der Waals surface area contributed by atoms with E-state index in [2.05, 4.69) is 162 Å². The molecule has 7 aromatic carbocycles. The lowest BCUT2D eigenvalue weighted by Gasteiger charge is -2.45. The van der Waals surface area contributed by atoms with E-state index in [1.807, 2.05) is 24.0 Å². The minimum atomic E-state index is -0.484. The molecule has 0 bridgehead atoms. The largest absolute Gasteiger partial charge is 0.309 e. The summed E-state index contributed by atoms with van der Waals surface area (Å²) < 4.78 is 2.51. The molecule has 11 rings (SSSR count). The van der Waals surface area contributed by atoms with E-state index in [-0.39, 0.29) is 0 Å². The Balaban J connectivity index is 1.18. The summed E-state index contributed by atoms with van der Waals surface area (Å²) in [5.41, 5.74) is 14.4. The molecule has 49 heavy (non-hydrogen) atoms. The number of hydrogen-bond donors (Lipinski definition) is 0. The lowest BCUT2D eigenvalue weighted by atomic mass is 9.62. The van der Waals surface area contributed by atoms with E-state index < -0.39 is 5.41 Å². The first-order valence-corrected chi connectivity index (χ1v) is 17.6. The minimum absolute atomic E-state index is 0.484. The van der Waals surface area contributed by atoms with Crippen LogP contribution in [0.15, 0.2) is 180 Å². The molecule has 0 amide bonds. The van der Waals surface area contributed by atoms with Crippen LogP contribution >= 0.6 is 11.8 Å². The summed E-state index contributed by atoms with van der Waals surface area (Å²) in [5.74, 6) is 0. The molecule has 0 fully saturated rings. The zero-order chi connectivity index (χ0) is 32.1. The summed E-state index contributed by atoms with van der Waals surface area (Å²) in [4.78, 5) is 7.33. The fourth-order valence-corrected chi connectivity index (χ4v) is 9.86. The lowest BCUT2D eigenvalue weighted by Crippen LogP contribution is -2.37. The Morgan fingerprint density at radius 3 is 2.12 bits per heavy atom. The normalized spacial score (nSPS) is 15.8. The molecule has 0 radical (unpaired) electrons. The smallest absolute Gasteiger partial charge is 0.0780 e. The van der Waals surface area contributed by atoms with Crippen LogP contribution in [0, 0.1) is 0 Å². The molecule has 2 nitrogen and oxygen atoms in total. The average molecular weight is 641 g/mol. The molecule has 1 spiro atoms. The van der Waals surface area contributed by atoms with Crippen LogP contribution in [-0.2, 0) is 5.41 Å². The highest BCUT2D eigenvalue weighted by molar-refractivity contribution is 7.99. The number of rotatable bonds is 2. The molecule has 3 heteroatoms. The number of aromatic nitrogens is 2. The second kappa shape index (κ2) is 10.1. The maximum absolute atomic E-state index is 4.71. The molecule has 2 aromatic heterocycles. The summed E-state index contributed by atoms with van der Waals surface area (Å²) in [7, 11) is 0. The number of para-hydroxylation sites is 4. The van der Waals surface area contributed by atoms with Gasteiger partial charge in [-0.25, -0.2) is 0 Å². The van der Waals surface area contributed by atoms with Gasteiger partial charge < -0.3 is 4.57 Å². The summed E-state index contributed by atoms with van der Waals surface area (Å²) >= 11 is 1.89. The van der Waals surface area contributed by atoms with Gasteiger partial charge in [0, 0.05) is 37.7 Å². The van der Waals surface area contributed by atoms with Gasteiger partial charge in [0.25, 0.3) is 0 Å². The predicted molar refractivity (Wildman–Crippen MR) is 203 cm³/mol. The van der Waals surface area contributed by atoms with E-state index in [4.69, 9.17) is 4.98 Å². The van der Waals surface area contributed by atoms with Crippen molar-refractivity contribution in [1.82, 2.24) is 9.55 Å². The quantitative estimate of drug-likeness (QED) is 0.187. The van der Waals surface area contributed by atoms with Crippen molar-refractivity contribution < 1.29 is 0 Å². The molecule has 0 saturated heterocycles. The van der Waals surface area contributed by atoms with Gasteiger partial charge in [0.15, 0.2) is 0 Å². The third-order valence-electron chi connectivity index (χ3n) is 10.7. The van der Waals surface area contributed by atoms with Crippen LogP contribution in [0.2, 0.25) is 0 Å². The standard InChI is InChI=1S/C46H28N2S/c1-4-18-40-34(12-1)35-14-8-17-38-45(35)48(40)41-19-5-2-15-36(41)46(38)37-16-3-6-20-42(37)49-43-26-25-32(28-39(43)46)29-21-23-30(24-22-29)33-13-7-10-31-11-9-27-47-44(31)33/h1-28H. The van der Waals surface area contributed by atoms with Crippen molar-refractivity contribution in [1.29, 1.82) is 0 Å². The highest BCUT2D eigenvalue weighted by Gasteiger charge is 2.49. The molecule has 1 unspecified atom stereocenters. The third kappa shape index (κ3) is 3.60. The maximum atomic E-state index is 4.71. The fraction of sp³-hybridized carbons (Fsp3) is 0.0217. The first-order valence-electron chi connectivity index (χ1n) is 16.8. The number of nitrogens with zero attached hydrogens (tertiary/aromatic N) is 2. The zero-order valence-corrected chi connectivity index (χ0v) is 27.3. The number of fused-ring (bicyclic) bond motifs is 12. The fourth-order valence-electron chi connectivity index (χ4n) is 8.68.